The van der Waals surface area contributed by atoms with Gasteiger partial charge in [0.25, 0.3) is 0 Å². The second-order valence-electron chi connectivity index (χ2n) is 6.02. The molecule has 1 aliphatic rings. The van der Waals surface area contributed by atoms with Gasteiger partial charge in [0.15, 0.2) is 0 Å². The lowest BCUT2D eigenvalue weighted by molar-refractivity contribution is 0.209. The molecule has 2 aromatic rings. The van der Waals surface area contributed by atoms with Gasteiger partial charge >= 0.3 is 6.03 Å². The van der Waals surface area contributed by atoms with E-state index in [0.29, 0.717) is 11.9 Å². The number of benzene rings is 1. The molecule has 1 aromatic heterocycles. The number of hydrogen-bond acceptors (Lipinski definition) is 3. The number of nitrogens with zero attached hydrogens (tertiary/aromatic N) is 4. The smallest absolute Gasteiger partial charge is 0.321 e. The molecule has 2 atom stereocenters. The minimum Gasteiger partial charge on any atom is -0.321 e. The molecular weight excluding hydrogens is 278 g/mol. The SMILES string of the molecule is Cc1ccc([C@@H]2C[C@@H](C)N(C(=O)Nc3ncn(C)n3)C2)cc1. The van der Waals surface area contributed by atoms with Gasteiger partial charge in [0.1, 0.15) is 6.33 Å². The van der Waals surface area contributed by atoms with Crippen LogP contribution in [0.5, 0.6) is 0 Å². The highest BCUT2D eigenvalue weighted by Gasteiger charge is 2.33. The number of hydrogen-bond donors (Lipinski definition) is 1. The van der Waals surface area contributed by atoms with Gasteiger partial charge in [0.05, 0.1) is 0 Å². The number of nitrogens with one attached hydrogen (secondary N) is 1. The molecule has 2 amide bonds. The molecule has 1 aliphatic heterocycles. The molecule has 6 nitrogen and oxygen atoms in total. The number of amides is 2. The highest BCUT2D eigenvalue weighted by atomic mass is 16.2. The molecule has 0 saturated carbocycles. The summed E-state index contributed by atoms with van der Waals surface area (Å²) in [6.45, 7) is 4.89. The summed E-state index contributed by atoms with van der Waals surface area (Å²) < 4.78 is 1.57. The van der Waals surface area contributed by atoms with E-state index < -0.39 is 0 Å². The lowest BCUT2D eigenvalue weighted by Gasteiger charge is -2.20. The summed E-state index contributed by atoms with van der Waals surface area (Å²) in [4.78, 5) is 18.3. The van der Waals surface area contributed by atoms with Crippen LogP contribution in [0.1, 0.15) is 30.4 Å². The van der Waals surface area contributed by atoms with Crippen molar-refractivity contribution >= 4 is 12.0 Å². The Morgan fingerprint density at radius 3 is 2.68 bits per heavy atom. The lowest BCUT2D eigenvalue weighted by atomic mass is 9.96. The summed E-state index contributed by atoms with van der Waals surface area (Å²) in [6.07, 6.45) is 2.55. The molecule has 3 rings (SSSR count). The highest BCUT2D eigenvalue weighted by molar-refractivity contribution is 5.87. The average molecular weight is 299 g/mol. The van der Waals surface area contributed by atoms with Crippen molar-refractivity contribution in [1.29, 1.82) is 0 Å². The van der Waals surface area contributed by atoms with E-state index in [9.17, 15) is 4.79 Å². The summed E-state index contributed by atoms with van der Waals surface area (Å²) in [6, 6.07) is 8.65. The number of aryl methyl sites for hydroxylation is 2. The van der Waals surface area contributed by atoms with Gasteiger partial charge in [-0.25, -0.2) is 9.78 Å². The van der Waals surface area contributed by atoms with Gasteiger partial charge < -0.3 is 4.90 Å². The minimum atomic E-state index is -0.131. The van der Waals surface area contributed by atoms with Crippen molar-refractivity contribution in [3.8, 4) is 0 Å². The van der Waals surface area contributed by atoms with Crippen molar-refractivity contribution in [3.63, 3.8) is 0 Å². The summed E-state index contributed by atoms with van der Waals surface area (Å²) in [7, 11) is 1.77. The Hall–Kier alpha value is -2.37. The van der Waals surface area contributed by atoms with E-state index in [2.05, 4.69) is 53.5 Å². The minimum absolute atomic E-state index is 0.131. The molecular formula is C16H21N5O. The maximum absolute atomic E-state index is 12.4. The topological polar surface area (TPSA) is 63.1 Å². The van der Waals surface area contributed by atoms with Crippen molar-refractivity contribution in [2.45, 2.75) is 32.2 Å². The zero-order valence-corrected chi connectivity index (χ0v) is 13.2. The van der Waals surface area contributed by atoms with Crippen LogP contribution in [-0.2, 0) is 7.05 Å². The van der Waals surface area contributed by atoms with Crippen molar-refractivity contribution in [2.75, 3.05) is 11.9 Å². The van der Waals surface area contributed by atoms with Gasteiger partial charge in [-0.1, -0.05) is 29.8 Å². The first-order valence-corrected chi connectivity index (χ1v) is 7.53. The molecule has 0 aliphatic carbocycles. The van der Waals surface area contributed by atoms with Crippen LogP contribution in [-0.4, -0.2) is 38.3 Å². The van der Waals surface area contributed by atoms with Gasteiger partial charge in [-0.2, -0.15) is 0 Å². The molecule has 1 N–H and O–H groups in total. The molecule has 0 unspecified atom stereocenters. The third kappa shape index (κ3) is 2.95. The van der Waals surface area contributed by atoms with Crippen LogP contribution in [0.2, 0.25) is 0 Å². The van der Waals surface area contributed by atoms with Crippen LogP contribution < -0.4 is 5.32 Å². The van der Waals surface area contributed by atoms with Gasteiger partial charge in [-0.3, -0.25) is 10.00 Å². The van der Waals surface area contributed by atoms with Crippen LogP contribution in [0.3, 0.4) is 0 Å². The first-order chi connectivity index (χ1) is 10.5. The standard InChI is InChI=1S/C16H21N5O/c1-11-4-6-13(7-5-11)14-8-12(2)21(9-14)16(22)18-15-17-10-20(3)19-15/h4-7,10,12,14H,8-9H2,1-3H3,(H,18,19,22)/t12-,14-/m1/s1. The van der Waals surface area contributed by atoms with Crippen molar-refractivity contribution in [2.24, 2.45) is 7.05 Å². The number of likely N-dealkylation sites (tertiary alicyclic amines) is 1. The maximum Gasteiger partial charge on any atom is 0.324 e. The third-order valence-electron chi connectivity index (χ3n) is 4.20. The maximum atomic E-state index is 12.4. The monoisotopic (exact) mass is 299 g/mol. The Kier molecular flexibility index (Phi) is 3.83. The summed E-state index contributed by atoms with van der Waals surface area (Å²) >= 11 is 0. The number of rotatable bonds is 2. The highest BCUT2D eigenvalue weighted by Crippen LogP contribution is 2.31. The molecule has 6 heteroatoms. The Morgan fingerprint density at radius 1 is 1.32 bits per heavy atom. The summed E-state index contributed by atoms with van der Waals surface area (Å²) in [5, 5.41) is 6.84. The fraction of sp³-hybridized carbons (Fsp3) is 0.438. The Bertz CT molecular complexity index is 663. The molecule has 1 aromatic carbocycles. The molecule has 116 valence electrons. The number of anilines is 1. The molecule has 0 radical (unpaired) electrons. The Balaban J connectivity index is 1.67. The van der Waals surface area contributed by atoms with Gasteiger partial charge in [0.2, 0.25) is 5.95 Å². The fourth-order valence-electron chi connectivity index (χ4n) is 2.96. The van der Waals surface area contributed by atoms with Crippen LogP contribution in [0.4, 0.5) is 10.7 Å². The summed E-state index contributed by atoms with van der Waals surface area (Å²) in [5.41, 5.74) is 2.55. The van der Waals surface area contributed by atoms with Crippen molar-refractivity contribution in [3.05, 3.63) is 41.7 Å². The number of urea groups is 1. The number of carbonyl (C=O) groups excluding carboxylic acids is 1. The zero-order valence-electron chi connectivity index (χ0n) is 13.2. The van der Waals surface area contributed by atoms with Crippen molar-refractivity contribution < 1.29 is 4.79 Å². The normalized spacial score (nSPS) is 21.1. The first-order valence-electron chi connectivity index (χ1n) is 7.53. The molecule has 0 bridgehead atoms. The molecule has 2 heterocycles. The van der Waals surface area contributed by atoms with Crippen molar-refractivity contribution in [1.82, 2.24) is 19.7 Å². The second-order valence-corrected chi connectivity index (χ2v) is 6.02. The fourth-order valence-corrected chi connectivity index (χ4v) is 2.96. The van der Waals surface area contributed by atoms with Gasteiger partial charge in [0, 0.05) is 25.6 Å². The summed E-state index contributed by atoms with van der Waals surface area (Å²) in [5.74, 6) is 0.733. The van der Waals surface area contributed by atoms with E-state index >= 15 is 0 Å². The van der Waals surface area contributed by atoms with E-state index in [4.69, 9.17) is 0 Å². The van der Waals surface area contributed by atoms with Crippen LogP contribution in [0, 0.1) is 6.92 Å². The third-order valence-corrected chi connectivity index (χ3v) is 4.20. The van der Waals surface area contributed by atoms with Gasteiger partial charge in [-0.05, 0) is 25.8 Å². The Labute approximate surface area is 130 Å². The number of carbonyl (C=O) groups is 1. The van der Waals surface area contributed by atoms with Crippen LogP contribution in [0.25, 0.3) is 0 Å². The van der Waals surface area contributed by atoms with Gasteiger partial charge in [-0.15, -0.1) is 5.10 Å². The number of aromatic nitrogens is 3. The van der Waals surface area contributed by atoms with E-state index in [1.165, 1.54) is 11.1 Å². The zero-order chi connectivity index (χ0) is 15.7. The average Bonchev–Trinajstić information content (AvgIpc) is 3.06. The molecule has 0 spiro atoms. The largest absolute Gasteiger partial charge is 0.324 e. The quantitative estimate of drug-likeness (QED) is 0.927. The molecule has 22 heavy (non-hydrogen) atoms. The predicted molar refractivity (Wildman–Crippen MR) is 84.7 cm³/mol. The van der Waals surface area contributed by atoms with Crippen LogP contribution in [0.15, 0.2) is 30.6 Å². The van der Waals surface area contributed by atoms with E-state index in [1.807, 2.05) is 4.90 Å². The van der Waals surface area contributed by atoms with E-state index in [1.54, 1.807) is 18.1 Å². The van der Waals surface area contributed by atoms with E-state index in [-0.39, 0.29) is 12.1 Å². The second kappa shape index (κ2) is 5.79. The first kappa shape index (κ1) is 14.6. The van der Waals surface area contributed by atoms with Crippen LogP contribution >= 0.6 is 0 Å². The van der Waals surface area contributed by atoms with E-state index in [0.717, 1.165) is 13.0 Å². The molecule has 1 fully saturated rings. The Morgan fingerprint density at radius 2 is 2.05 bits per heavy atom. The molecule has 1 saturated heterocycles. The predicted octanol–water partition coefficient (Wildman–Crippen LogP) is 2.53. The lowest BCUT2D eigenvalue weighted by Crippen LogP contribution is -2.37.